The molecule has 1 aliphatic heterocycles. The molecule has 1 aliphatic rings. The smallest absolute Gasteiger partial charge is 0.127 e. The predicted octanol–water partition coefficient (Wildman–Crippen LogP) is 2.01. The first-order valence-corrected chi connectivity index (χ1v) is 5.32. The lowest BCUT2D eigenvalue weighted by Gasteiger charge is -2.11. The van der Waals surface area contributed by atoms with Gasteiger partial charge in [-0.15, -0.1) is 0 Å². The van der Waals surface area contributed by atoms with Crippen molar-refractivity contribution in [2.75, 3.05) is 13.2 Å². The second-order valence-corrected chi connectivity index (χ2v) is 4.04. The van der Waals surface area contributed by atoms with Crippen LogP contribution >= 0.6 is 0 Å². The van der Waals surface area contributed by atoms with Crippen molar-refractivity contribution < 1.29 is 9.13 Å². The lowest BCUT2D eigenvalue weighted by Crippen LogP contribution is -2.28. The Morgan fingerprint density at radius 1 is 1.53 bits per heavy atom. The van der Waals surface area contributed by atoms with E-state index in [2.05, 4.69) is 5.32 Å². The van der Waals surface area contributed by atoms with E-state index in [4.69, 9.17) is 4.74 Å². The molecule has 0 amide bonds. The Bertz CT molecular complexity index is 334. The van der Waals surface area contributed by atoms with Crippen molar-refractivity contribution >= 4 is 0 Å². The third-order valence-electron chi connectivity index (χ3n) is 2.72. The molecule has 1 heterocycles. The summed E-state index contributed by atoms with van der Waals surface area (Å²) in [5, 5.41) is 3.29. The first kappa shape index (κ1) is 10.6. The average molecular weight is 209 g/mol. The van der Waals surface area contributed by atoms with E-state index in [1.54, 1.807) is 6.07 Å². The summed E-state index contributed by atoms with van der Waals surface area (Å²) in [6.07, 6.45) is 1.02. The van der Waals surface area contributed by atoms with Crippen LogP contribution in [-0.2, 0) is 11.3 Å². The SMILES string of the molecule is Cc1ccc(CNC2CCOC2)c(F)c1. The summed E-state index contributed by atoms with van der Waals surface area (Å²) >= 11 is 0. The van der Waals surface area contributed by atoms with Crippen molar-refractivity contribution in [3.63, 3.8) is 0 Å². The monoisotopic (exact) mass is 209 g/mol. The molecule has 1 aromatic rings. The van der Waals surface area contributed by atoms with E-state index in [0.717, 1.165) is 30.8 Å². The Balaban J connectivity index is 1.92. The van der Waals surface area contributed by atoms with E-state index in [-0.39, 0.29) is 5.82 Å². The highest BCUT2D eigenvalue weighted by Crippen LogP contribution is 2.11. The third-order valence-corrected chi connectivity index (χ3v) is 2.72. The molecule has 82 valence electrons. The van der Waals surface area contributed by atoms with Crippen LogP contribution in [0.25, 0.3) is 0 Å². The van der Waals surface area contributed by atoms with Gasteiger partial charge in [-0.05, 0) is 25.0 Å². The first-order valence-electron chi connectivity index (χ1n) is 5.32. The van der Waals surface area contributed by atoms with Crippen molar-refractivity contribution in [3.05, 3.63) is 35.1 Å². The van der Waals surface area contributed by atoms with Gasteiger partial charge in [0.15, 0.2) is 0 Å². The fourth-order valence-corrected chi connectivity index (χ4v) is 1.75. The van der Waals surface area contributed by atoms with Crippen molar-refractivity contribution in [3.8, 4) is 0 Å². The fraction of sp³-hybridized carbons (Fsp3) is 0.500. The molecule has 0 radical (unpaired) electrons. The van der Waals surface area contributed by atoms with Crippen LogP contribution in [0.2, 0.25) is 0 Å². The Labute approximate surface area is 89.4 Å². The Hall–Kier alpha value is -0.930. The summed E-state index contributed by atoms with van der Waals surface area (Å²) in [7, 11) is 0. The first-order chi connectivity index (χ1) is 7.25. The molecule has 2 rings (SSSR count). The van der Waals surface area contributed by atoms with Crippen molar-refractivity contribution in [1.29, 1.82) is 0 Å². The number of hydrogen-bond acceptors (Lipinski definition) is 2. The number of ether oxygens (including phenoxy) is 1. The molecule has 0 aliphatic carbocycles. The maximum atomic E-state index is 13.5. The zero-order chi connectivity index (χ0) is 10.7. The van der Waals surface area contributed by atoms with Gasteiger partial charge in [-0.3, -0.25) is 0 Å². The predicted molar refractivity (Wildman–Crippen MR) is 57.2 cm³/mol. The molecule has 0 aromatic heterocycles. The highest BCUT2D eigenvalue weighted by atomic mass is 19.1. The number of benzene rings is 1. The normalized spacial score (nSPS) is 20.8. The van der Waals surface area contributed by atoms with Crippen LogP contribution in [0.4, 0.5) is 4.39 Å². The quantitative estimate of drug-likeness (QED) is 0.822. The van der Waals surface area contributed by atoms with Gasteiger partial charge in [-0.2, -0.15) is 0 Å². The lowest BCUT2D eigenvalue weighted by atomic mass is 10.1. The second kappa shape index (κ2) is 4.73. The summed E-state index contributed by atoms with van der Waals surface area (Å²) in [5.41, 5.74) is 1.69. The molecule has 0 saturated carbocycles. The van der Waals surface area contributed by atoms with Gasteiger partial charge in [-0.1, -0.05) is 12.1 Å². The molecule has 1 aromatic carbocycles. The van der Waals surface area contributed by atoms with E-state index in [9.17, 15) is 4.39 Å². The zero-order valence-corrected chi connectivity index (χ0v) is 8.92. The maximum absolute atomic E-state index is 13.5. The van der Waals surface area contributed by atoms with Gasteiger partial charge in [0.25, 0.3) is 0 Å². The van der Waals surface area contributed by atoms with Crippen LogP contribution < -0.4 is 5.32 Å². The van der Waals surface area contributed by atoms with Gasteiger partial charge in [0.2, 0.25) is 0 Å². The van der Waals surface area contributed by atoms with E-state index in [1.165, 1.54) is 0 Å². The molecule has 1 unspecified atom stereocenters. The van der Waals surface area contributed by atoms with Crippen LogP contribution in [0.15, 0.2) is 18.2 Å². The Morgan fingerprint density at radius 3 is 3.07 bits per heavy atom. The number of halogens is 1. The Kier molecular flexibility index (Phi) is 3.34. The molecule has 1 N–H and O–H groups in total. The average Bonchev–Trinajstić information content (AvgIpc) is 2.69. The Morgan fingerprint density at radius 2 is 2.40 bits per heavy atom. The number of nitrogens with one attached hydrogen (secondary N) is 1. The summed E-state index contributed by atoms with van der Waals surface area (Å²) in [4.78, 5) is 0. The number of aryl methyl sites for hydroxylation is 1. The van der Waals surface area contributed by atoms with E-state index >= 15 is 0 Å². The van der Waals surface area contributed by atoms with E-state index < -0.39 is 0 Å². The highest BCUT2D eigenvalue weighted by molar-refractivity contribution is 5.23. The standard InChI is InChI=1S/C12H16FNO/c1-9-2-3-10(12(13)6-9)7-14-11-4-5-15-8-11/h2-3,6,11,14H,4-5,7-8H2,1H3. The molecular formula is C12H16FNO. The minimum Gasteiger partial charge on any atom is -0.380 e. The summed E-state index contributed by atoms with van der Waals surface area (Å²) in [6, 6.07) is 5.73. The molecule has 15 heavy (non-hydrogen) atoms. The van der Waals surface area contributed by atoms with Crippen LogP contribution in [0, 0.1) is 12.7 Å². The van der Waals surface area contributed by atoms with E-state index in [0.29, 0.717) is 12.6 Å². The molecule has 0 spiro atoms. The van der Waals surface area contributed by atoms with Crippen molar-refractivity contribution in [2.24, 2.45) is 0 Å². The molecule has 3 heteroatoms. The largest absolute Gasteiger partial charge is 0.380 e. The molecule has 0 bridgehead atoms. The number of rotatable bonds is 3. The third kappa shape index (κ3) is 2.76. The maximum Gasteiger partial charge on any atom is 0.127 e. The number of hydrogen-bond donors (Lipinski definition) is 1. The van der Waals surface area contributed by atoms with Crippen molar-refractivity contribution in [1.82, 2.24) is 5.32 Å². The van der Waals surface area contributed by atoms with Gasteiger partial charge >= 0.3 is 0 Å². The molecule has 1 saturated heterocycles. The lowest BCUT2D eigenvalue weighted by molar-refractivity contribution is 0.189. The molecule has 1 atom stereocenters. The summed E-state index contributed by atoms with van der Waals surface area (Å²) in [5.74, 6) is -0.124. The van der Waals surface area contributed by atoms with Gasteiger partial charge in [0.05, 0.1) is 6.61 Å². The van der Waals surface area contributed by atoms with Gasteiger partial charge in [0.1, 0.15) is 5.82 Å². The van der Waals surface area contributed by atoms with Crippen LogP contribution in [0.1, 0.15) is 17.5 Å². The summed E-state index contributed by atoms with van der Waals surface area (Å²) in [6.45, 7) is 4.03. The highest BCUT2D eigenvalue weighted by Gasteiger charge is 2.15. The zero-order valence-electron chi connectivity index (χ0n) is 8.92. The van der Waals surface area contributed by atoms with Crippen LogP contribution in [0.3, 0.4) is 0 Å². The fourth-order valence-electron chi connectivity index (χ4n) is 1.75. The van der Waals surface area contributed by atoms with Crippen molar-refractivity contribution in [2.45, 2.75) is 25.9 Å². The van der Waals surface area contributed by atoms with Crippen LogP contribution in [0.5, 0.6) is 0 Å². The van der Waals surface area contributed by atoms with Gasteiger partial charge < -0.3 is 10.1 Å². The molecular weight excluding hydrogens is 193 g/mol. The van der Waals surface area contributed by atoms with Crippen LogP contribution in [-0.4, -0.2) is 19.3 Å². The molecule has 1 fully saturated rings. The minimum atomic E-state index is -0.124. The minimum absolute atomic E-state index is 0.124. The topological polar surface area (TPSA) is 21.3 Å². The second-order valence-electron chi connectivity index (χ2n) is 4.04. The molecule has 2 nitrogen and oxygen atoms in total. The summed E-state index contributed by atoms with van der Waals surface area (Å²) < 4.78 is 18.7. The van der Waals surface area contributed by atoms with E-state index in [1.807, 2.05) is 19.1 Å². The van der Waals surface area contributed by atoms with Gasteiger partial charge in [0, 0.05) is 24.8 Å². The van der Waals surface area contributed by atoms with Gasteiger partial charge in [-0.25, -0.2) is 4.39 Å².